The summed E-state index contributed by atoms with van der Waals surface area (Å²) in [5, 5.41) is 8.45. The van der Waals surface area contributed by atoms with Crippen LogP contribution in [0.2, 0.25) is 0 Å². The van der Waals surface area contributed by atoms with E-state index in [0.717, 1.165) is 33.4 Å². The second-order valence-electron chi connectivity index (χ2n) is 6.05. The lowest BCUT2D eigenvalue weighted by Crippen LogP contribution is -2.05. The molecule has 0 aliphatic carbocycles. The van der Waals surface area contributed by atoms with Gasteiger partial charge in [-0.1, -0.05) is 85.5 Å². The molecule has 3 N–H and O–H groups in total. The van der Waals surface area contributed by atoms with Gasteiger partial charge in [0.2, 0.25) is 0 Å². The summed E-state index contributed by atoms with van der Waals surface area (Å²) in [6.45, 7) is 5.93. The third-order valence-corrected chi connectivity index (χ3v) is 4.41. The lowest BCUT2D eigenvalue weighted by atomic mass is 9.93. The van der Waals surface area contributed by atoms with Crippen LogP contribution in [0.15, 0.2) is 79.4 Å². The van der Waals surface area contributed by atoms with Crippen molar-refractivity contribution in [1.29, 1.82) is 5.41 Å². The molecule has 0 heterocycles. The molecule has 0 fully saturated rings. The van der Waals surface area contributed by atoms with E-state index in [9.17, 15) is 0 Å². The first-order valence-corrected chi connectivity index (χ1v) is 8.58. The SMILES string of the molecule is C=Cc1cccc(-c2ccc(C(=N)c3ccccc3N)cc2)c1/C=C\C. The van der Waals surface area contributed by atoms with Crippen molar-refractivity contribution in [2.45, 2.75) is 6.92 Å². The fourth-order valence-corrected chi connectivity index (χ4v) is 3.06. The number of benzene rings is 3. The van der Waals surface area contributed by atoms with E-state index in [1.54, 1.807) is 0 Å². The number of para-hydroxylation sites is 1. The number of allylic oxidation sites excluding steroid dienone is 1. The van der Waals surface area contributed by atoms with Gasteiger partial charge in [0.05, 0.1) is 5.71 Å². The fourth-order valence-electron chi connectivity index (χ4n) is 3.06. The Balaban J connectivity index is 2.00. The highest BCUT2D eigenvalue weighted by Crippen LogP contribution is 2.29. The molecule has 0 aliphatic rings. The average molecular weight is 338 g/mol. The molecule has 2 nitrogen and oxygen atoms in total. The second kappa shape index (κ2) is 7.66. The van der Waals surface area contributed by atoms with E-state index in [-0.39, 0.29) is 0 Å². The minimum Gasteiger partial charge on any atom is -0.398 e. The molecule has 0 saturated heterocycles. The van der Waals surface area contributed by atoms with Crippen molar-refractivity contribution < 1.29 is 0 Å². The third kappa shape index (κ3) is 3.35. The summed E-state index contributed by atoms with van der Waals surface area (Å²) < 4.78 is 0. The summed E-state index contributed by atoms with van der Waals surface area (Å²) in [6, 6.07) is 21.8. The zero-order valence-corrected chi connectivity index (χ0v) is 14.9. The van der Waals surface area contributed by atoms with Gasteiger partial charge in [0.1, 0.15) is 0 Å². The van der Waals surface area contributed by atoms with E-state index in [1.807, 2.05) is 61.5 Å². The van der Waals surface area contributed by atoms with Crippen LogP contribution in [-0.2, 0) is 0 Å². The van der Waals surface area contributed by atoms with Gasteiger partial charge in [-0.25, -0.2) is 0 Å². The van der Waals surface area contributed by atoms with Crippen LogP contribution in [0.4, 0.5) is 5.69 Å². The van der Waals surface area contributed by atoms with Gasteiger partial charge >= 0.3 is 0 Å². The van der Waals surface area contributed by atoms with Gasteiger partial charge in [0, 0.05) is 16.8 Å². The van der Waals surface area contributed by atoms with Gasteiger partial charge < -0.3 is 5.73 Å². The van der Waals surface area contributed by atoms with Gasteiger partial charge in [0.25, 0.3) is 0 Å². The monoisotopic (exact) mass is 338 g/mol. The zero-order chi connectivity index (χ0) is 18.5. The average Bonchev–Trinajstić information content (AvgIpc) is 2.68. The molecule has 0 radical (unpaired) electrons. The summed E-state index contributed by atoms with van der Waals surface area (Å²) in [5.74, 6) is 0. The van der Waals surface area contributed by atoms with Gasteiger partial charge in [-0.15, -0.1) is 0 Å². The summed E-state index contributed by atoms with van der Waals surface area (Å²) in [4.78, 5) is 0. The first kappa shape index (κ1) is 17.4. The molecule has 3 rings (SSSR count). The van der Waals surface area contributed by atoms with Crippen LogP contribution in [0.1, 0.15) is 29.2 Å². The predicted octanol–water partition coefficient (Wildman–Crippen LogP) is 6.03. The van der Waals surface area contributed by atoms with Gasteiger partial charge in [-0.3, -0.25) is 5.41 Å². The predicted molar refractivity (Wildman–Crippen MR) is 113 cm³/mol. The Morgan fingerprint density at radius 3 is 2.35 bits per heavy atom. The molecule has 0 bridgehead atoms. The van der Waals surface area contributed by atoms with Crippen LogP contribution in [0.3, 0.4) is 0 Å². The molecule has 0 amide bonds. The second-order valence-corrected chi connectivity index (χ2v) is 6.05. The maximum Gasteiger partial charge on any atom is 0.0705 e. The van der Waals surface area contributed by atoms with Crippen molar-refractivity contribution in [2.24, 2.45) is 0 Å². The van der Waals surface area contributed by atoms with Crippen LogP contribution < -0.4 is 5.73 Å². The van der Waals surface area contributed by atoms with Crippen molar-refractivity contribution in [3.63, 3.8) is 0 Å². The Bertz CT molecular complexity index is 979. The zero-order valence-electron chi connectivity index (χ0n) is 14.9. The topological polar surface area (TPSA) is 49.9 Å². The number of rotatable bonds is 5. The molecular formula is C24H22N2. The van der Waals surface area contributed by atoms with E-state index < -0.39 is 0 Å². The van der Waals surface area contributed by atoms with Crippen molar-refractivity contribution in [3.8, 4) is 11.1 Å². The molecule has 3 aromatic rings. The van der Waals surface area contributed by atoms with Crippen LogP contribution in [-0.4, -0.2) is 5.71 Å². The molecule has 0 aromatic heterocycles. The molecule has 128 valence electrons. The Labute approximate surface area is 154 Å². The van der Waals surface area contributed by atoms with E-state index >= 15 is 0 Å². The maximum atomic E-state index is 8.45. The number of hydrogen-bond acceptors (Lipinski definition) is 2. The normalized spacial score (nSPS) is 10.8. The number of nitrogen functional groups attached to an aromatic ring is 1. The summed E-state index contributed by atoms with van der Waals surface area (Å²) in [5.41, 5.74) is 13.2. The number of nitrogens with two attached hydrogens (primary N) is 1. The molecular weight excluding hydrogens is 316 g/mol. The van der Waals surface area contributed by atoms with Crippen molar-refractivity contribution in [1.82, 2.24) is 0 Å². The largest absolute Gasteiger partial charge is 0.398 e. The summed E-state index contributed by atoms with van der Waals surface area (Å²) in [7, 11) is 0. The third-order valence-electron chi connectivity index (χ3n) is 4.41. The molecule has 0 atom stereocenters. The van der Waals surface area contributed by atoms with Crippen LogP contribution in [0.25, 0.3) is 23.3 Å². The first-order valence-electron chi connectivity index (χ1n) is 8.58. The maximum absolute atomic E-state index is 8.45. The molecule has 0 spiro atoms. The van der Waals surface area contributed by atoms with Crippen LogP contribution in [0.5, 0.6) is 0 Å². The highest BCUT2D eigenvalue weighted by Gasteiger charge is 2.10. The molecule has 0 aliphatic heterocycles. The Kier molecular flexibility index (Phi) is 5.14. The quantitative estimate of drug-likeness (QED) is 0.433. The highest BCUT2D eigenvalue weighted by molar-refractivity contribution is 6.13. The van der Waals surface area contributed by atoms with Crippen molar-refractivity contribution >= 4 is 23.6 Å². The van der Waals surface area contributed by atoms with E-state index in [0.29, 0.717) is 11.4 Å². The van der Waals surface area contributed by atoms with Crippen molar-refractivity contribution in [2.75, 3.05) is 5.73 Å². The summed E-state index contributed by atoms with van der Waals surface area (Å²) in [6.07, 6.45) is 6.02. The Morgan fingerprint density at radius 1 is 0.962 bits per heavy atom. The number of anilines is 1. The van der Waals surface area contributed by atoms with E-state index in [2.05, 4.69) is 36.9 Å². The fraction of sp³-hybridized carbons (Fsp3) is 0.0417. The summed E-state index contributed by atoms with van der Waals surface area (Å²) >= 11 is 0. The minimum absolute atomic E-state index is 0.433. The van der Waals surface area contributed by atoms with Gasteiger partial charge in [-0.2, -0.15) is 0 Å². The molecule has 0 unspecified atom stereocenters. The lowest BCUT2D eigenvalue weighted by Gasteiger charge is -2.12. The molecule has 26 heavy (non-hydrogen) atoms. The van der Waals surface area contributed by atoms with Crippen molar-refractivity contribution in [3.05, 3.63) is 102 Å². The molecule has 3 aromatic carbocycles. The molecule has 2 heteroatoms. The number of hydrogen-bond donors (Lipinski definition) is 2. The number of nitrogens with one attached hydrogen (secondary N) is 1. The van der Waals surface area contributed by atoms with Crippen LogP contribution >= 0.6 is 0 Å². The standard InChI is InChI=1S/C24H22N2/c1-3-8-20-17(4-2)9-7-11-21(20)18-13-15-19(16-14-18)24(26)22-10-5-6-12-23(22)25/h3-16,26H,2,25H2,1H3/b8-3-,26-24?. The van der Waals surface area contributed by atoms with Crippen LogP contribution in [0, 0.1) is 5.41 Å². The first-order chi connectivity index (χ1) is 12.7. The minimum atomic E-state index is 0.433. The van der Waals surface area contributed by atoms with Gasteiger partial charge in [-0.05, 0) is 35.2 Å². The highest BCUT2D eigenvalue weighted by atomic mass is 14.6. The Morgan fingerprint density at radius 2 is 1.69 bits per heavy atom. The smallest absolute Gasteiger partial charge is 0.0705 e. The van der Waals surface area contributed by atoms with E-state index in [4.69, 9.17) is 11.1 Å². The van der Waals surface area contributed by atoms with Gasteiger partial charge in [0.15, 0.2) is 0 Å². The molecule has 0 saturated carbocycles. The van der Waals surface area contributed by atoms with E-state index in [1.165, 1.54) is 0 Å². The Hall–Kier alpha value is -3.39. The lowest BCUT2D eigenvalue weighted by molar-refractivity contribution is 1.45.